The number of carbonyl (C=O) groups excluding carboxylic acids is 1. The topological polar surface area (TPSA) is 111 Å². The zero-order valence-corrected chi connectivity index (χ0v) is 22.3. The maximum atomic E-state index is 12.7. The van der Waals surface area contributed by atoms with Crippen molar-refractivity contribution in [2.75, 3.05) is 56.5 Å². The Kier molecular flexibility index (Phi) is 6.40. The molecule has 0 aliphatic carbocycles. The molecule has 1 amide bonds. The molecule has 0 atom stereocenters. The van der Waals surface area contributed by atoms with Crippen molar-refractivity contribution in [3.05, 3.63) is 66.1 Å². The lowest BCUT2D eigenvalue weighted by Gasteiger charge is -2.50. The Morgan fingerprint density at radius 3 is 2.74 bits per heavy atom. The minimum Gasteiger partial charge on any atom is -0.366 e. The SMILES string of the molecule is Cc1cccc(C2(CC#N)CN(c3cccn4nc(Nc5cnn(CC(=O)N6CCN(C)CC6)c5)nc34)C2)c1. The number of fused-ring (bicyclic) bond motifs is 1. The molecule has 3 aromatic heterocycles. The van der Waals surface area contributed by atoms with Crippen LogP contribution in [0.4, 0.5) is 17.3 Å². The number of pyridine rings is 1. The smallest absolute Gasteiger partial charge is 0.247 e. The summed E-state index contributed by atoms with van der Waals surface area (Å²) in [4.78, 5) is 23.8. The summed E-state index contributed by atoms with van der Waals surface area (Å²) in [6, 6.07) is 14.9. The van der Waals surface area contributed by atoms with Gasteiger partial charge in [0, 0.05) is 63.5 Å². The van der Waals surface area contributed by atoms with E-state index in [1.165, 1.54) is 11.1 Å². The van der Waals surface area contributed by atoms with Gasteiger partial charge in [-0.2, -0.15) is 15.3 Å². The normalized spacial score (nSPS) is 17.2. The second-order valence-electron chi connectivity index (χ2n) is 10.7. The highest BCUT2D eigenvalue weighted by molar-refractivity contribution is 5.76. The van der Waals surface area contributed by atoms with Gasteiger partial charge in [-0.3, -0.25) is 9.48 Å². The van der Waals surface area contributed by atoms with E-state index in [2.05, 4.69) is 69.6 Å². The van der Waals surface area contributed by atoms with Gasteiger partial charge >= 0.3 is 0 Å². The number of carbonyl (C=O) groups is 1. The molecule has 2 fully saturated rings. The second-order valence-corrected chi connectivity index (χ2v) is 10.7. The van der Waals surface area contributed by atoms with Gasteiger partial charge in [-0.25, -0.2) is 4.52 Å². The molecule has 2 saturated heterocycles. The number of aryl methyl sites for hydroxylation is 1. The summed E-state index contributed by atoms with van der Waals surface area (Å²) >= 11 is 0. The van der Waals surface area contributed by atoms with Crippen LogP contribution in [0.1, 0.15) is 17.5 Å². The number of hydrogen-bond acceptors (Lipinski definition) is 8. The first-order valence-electron chi connectivity index (χ1n) is 13.2. The van der Waals surface area contributed by atoms with E-state index in [9.17, 15) is 10.1 Å². The third-order valence-electron chi connectivity index (χ3n) is 7.76. The predicted molar refractivity (Wildman–Crippen MR) is 148 cm³/mol. The quantitative estimate of drug-likeness (QED) is 0.393. The van der Waals surface area contributed by atoms with Crippen LogP contribution in [-0.4, -0.2) is 86.4 Å². The van der Waals surface area contributed by atoms with Crippen LogP contribution < -0.4 is 10.2 Å². The van der Waals surface area contributed by atoms with E-state index in [1.807, 2.05) is 23.2 Å². The van der Waals surface area contributed by atoms with Crippen LogP contribution in [0, 0.1) is 18.3 Å². The van der Waals surface area contributed by atoms with Crippen molar-refractivity contribution in [2.45, 2.75) is 25.3 Å². The fourth-order valence-electron chi connectivity index (χ4n) is 5.51. The van der Waals surface area contributed by atoms with Crippen molar-refractivity contribution in [1.29, 1.82) is 5.26 Å². The van der Waals surface area contributed by atoms with Crippen molar-refractivity contribution >= 4 is 28.9 Å². The third-order valence-corrected chi connectivity index (χ3v) is 7.76. The number of amides is 1. The van der Waals surface area contributed by atoms with Crippen LogP contribution in [0.25, 0.3) is 5.65 Å². The number of anilines is 3. The molecule has 0 spiro atoms. The summed E-state index contributed by atoms with van der Waals surface area (Å²) in [7, 11) is 2.07. The molecule has 0 radical (unpaired) electrons. The van der Waals surface area contributed by atoms with E-state index in [4.69, 9.17) is 4.98 Å². The molecule has 200 valence electrons. The summed E-state index contributed by atoms with van der Waals surface area (Å²) in [5, 5.41) is 21.7. The monoisotopic (exact) mass is 524 g/mol. The van der Waals surface area contributed by atoms with E-state index in [0.717, 1.165) is 56.3 Å². The number of nitrogens with zero attached hydrogens (tertiary/aromatic N) is 9. The molecule has 11 nitrogen and oxygen atoms in total. The summed E-state index contributed by atoms with van der Waals surface area (Å²) in [5.74, 6) is 0.524. The van der Waals surface area contributed by atoms with Crippen molar-refractivity contribution in [2.24, 2.45) is 0 Å². The van der Waals surface area contributed by atoms with E-state index in [1.54, 1.807) is 21.6 Å². The van der Waals surface area contributed by atoms with Gasteiger partial charge in [0.2, 0.25) is 11.9 Å². The van der Waals surface area contributed by atoms with E-state index in [-0.39, 0.29) is 17.9 Å². The fraction of sp³-hybridized carbons (Fsp3) is 0.393. The van der Waals surface area contributed by atoms with E-state index >= 15 is 0 Å². The summed E-state index contributed by atoms with van der Waals surface area (Å²) < 4.78 is 3.40. The van der Waals surface area contributed by atoms with Gasteiger partial charge in [0.15, 0.2) is 5.65 Å². The number of nitriles is 1. The van der Waals surface area contributed by atoms with Crippen molar-refractivity contribution < 1.29 is 4.79 Å². The van der Waals surface area contributed by atoms with Gasteiger partial charge in [-0.15, -0.1) is 5.10 Å². The van der Waals surface area contributed by atoms with Crippen LogP contribution in [0.15, 0.2) is 55.0 Å². The average Bonchev–Trinajstić information content (AvgIpc) is 3.52. The lowest BCUT2D eigenvalue weighted by Crippen LogP contribution is -2.59. The Labute approximate surface area is 227 Å². The largest absolute Gasteiger partial charge is 0.366 e. The first-order chi connectivity index (χ1) is 18.9. The maximum absolute atomic E-state index is 12.7. The summed E-state index contributed by atoms with van der Waals surface area (Å²) in [6.07, 6.45) is 5.82. The lowest BCUT2D eigenvalue weighted by atomic mass is 9.71. The van der Waals surface area contributed by atoms with E-state index in [0.29, 0.717) is 12.4 Å². The summed E-state index contributed by atoms with van der Waals surface area (Å²) in [5.41, 5.74) is 4.66. The van der Waals surface area contributed by atoms with Crippen molar-refractivity contribution in [3.63, 3.8) is 0 Å². The molecule has 2 aliphatic rings. The zero-order valence-electron chi connectivity index (χ0n) is 22.3. The number of aromatic nitrogens is 5. The highest BCUT2D eigenvalue weighted by Crippen LogP contribution is 2.41. The number of benzene rings is 1. The molecule has 39 heavy (non-hydrogen) atoms. The molecule has 0 saturated carbocycles. The molecular weight excluding hydrogens is 492 g/mol. The predicted octanol–water partition coefficient (Wildman–Crippen LogP) is 2.42. The second kappa shape index (κ2) is 10.0. The van der Waals surface area contributed by atoms with Gasteiger partial charge in [0.1, 0.15) is 6.54 Å². The fourth-order valence-corrected chi connectivity index (χ4v) is 5.51. The Balaban J connectivity index is 1.15. The first-order valence-corrected chi connectivity index (χ1v) is 13.2. The van der Waals surface area contributed by atoms with Gasteiger partial charge in [0.25, 0.3) is 0 Å². The molecule has 4 aromatic rings. The van der Waals surface area contributed by atoms with Crippen LogP contribution in [0.2, 0.25) is 0 Å². The van der Waals surface area contributed by atoms with Crippen LogP contribution >= 0.6 is 0 Å². The van der Waals surface area contributed by atoms with Crippen molar-refractivity contribution in [3.8, 4) is 6.07 Å². The minimum atomic E-state index is -0.190. The summed E-state index contributed by atoms with van der Waals surface area (Å²) in [6.45, 7) is 7.04. The molecule has 1 aromatic carbocycles. The molecule has 6 rings (SSSR count). The van der Waals surface area contributed by atoms with Gasteiger partial charge in [-0.05, 0) is 31.7 Å². The third kappa shape index (κ3) is 4.91. The van der Waals surface area contributed by atoms with E-state index < -0.39 is 0 Å². The number of likely N-dealkylation sites (N-methyl/N-ethyl adjacent to an activating group) is 1. The highest BCUT2D eigenvalue weighted by atomic mass is 16.2. The Morgan fingerprint density at radius 2 is 1.97 bits per heavy atom. The highest BCUT2D eigenvalue weighted by Gasteiger charge is 2.45. The molecule has 2 aliphatic heterocycles. The van der Waals surface area contributed by atoms with Gasteiger partial charge in [0.05, 0.1) is 23.6 Å². The minimum absolute atomic E-state index is 0.0703. The molecule has 11 heteroatoms. The first kappa shape index (κ1) is 24.9. The standard InChI is InChI=1S/C28H32N10O/c1-21-5-3-6-22(15-21)28(8-9-29)19-36(20-28)24-7-4-10-38-26(24)32-27(33-38)31-23-16-30-37(17-23)18-25(39)35-13-11-34(2)12-14-35/h3-7,10,15-17H,8,11-14,18-20H2,1-2H3,(H,31,33). The maximum Gasteiger partial charge on any atom is 0.247 e. The Morgan fingerprint density at radius 1 is 1.15 bits per heavy atom. The number of nitrogens with one attached hydrogen (secondary N) is 1. The lowest BCUT2D eigenvalue weighted by molar-refractivity contribution is -0.133. The Bertz CT molecular complexity index is 1540. The van der Waals surface area contributed by atoms with Crippen LogP contribution in [-0.2, 0) is 16.8 Å². The average molecular weight is 525 g/mol. The van der Waals surface area contributed by atoms with Gasteiger partial charge < -0.3 is 20.0 Å². The Hall–Kier alpha value is -4.43. The number of hydrogen-bond donors (Lipinski definition) is 1. The molecule has 0 bridgehead atoms. The van der Waals surface area contributed by atoms with Gasteiger partial charge in [-0.1, -0.05) is 29.8 Å². The molecular formula is C28H32N10O. The number of rotatable bonds is 7. The molecule has 0 unspecified atom stereocenters. The number of piperazine rings is 1. The van der Waals surface area contributed by atoms with Crippen LogP contribution in [0.3, 0.4) is 0 Å². The molecule has 1 N–H and O–H groups in total. The van der Waals surface area contributed by atoms with Crippen molar-refractivity contribution in [1.82, 2.24) is 34.2 Å². The zero-order chi connectivity index (χ0) is 27.0. The van der Waals surface area contributed by atoms with Crippen LogP contribution in [0.5, 0.6) is 0 Å². The molecule has 5 heterocycles.